The van der Waals surface area contributed by atoms with Crippen LogP contribution in [0.15, 0.2) is 204 Å². The molecule has 264 valence electrons. The maximum atomic E-state index is 5.34. The first-order chi connectivity index (χ1) is 28.3. The summed E-state index contributed by atoms with van der Waals surface area (Å²) < 4.78 is 2.59. The summed E-state index contributed by atoms with van der Waals surface area (Å²) >= 11 is 1.86. The van der Waals surface area contributed by atoms with Gasteiger partial charge in [0.15, 0.2) is 0 Å². The van der Waals surface area contributed by atoms with E-state index < -0.39 is 0 Å². The molecule has 0 atom stereocenters. The second-order valence-corrected chi connectivity index (χ2v) is 15.8. The highest BCUT2D eigenvalue weighted by Crippen LogP contribution is 2.53. The van der Waals surface area contributed by atoms with Gasteiger partial charge in [0, 0.05) is 47.3 Å². The predicted molar refractivity (Wildman–Crippen MR) is 238 cm³/mol. The molecule has 57 heavy (non-hydrogen) atoms. The van der Waals surface area contributed by atoms with Crippen molar-refractivity contribution in [1.29, 1.82) is 0 Å². The lowest BCUT2D eigenvalue weighted by Crippen LogP contribution is -2.02. The molecule has 0 saturated carbocycles. The van der Waals surface area contributed by atoms with E-state index in [1.54, 1.807) is 0 Å². The van der Waals surface area contributed by atoms with Crippen molar-refractivity contribution in [1.82, 2.24) is 0 Å². The first kappa shape index (κ1) is 32.1. The van der Waals surface area contributed by atoms with Crippen molar-refractivity contribution in [3.05, 3.63) is 215 Å². The molecule has 0 radical (unpaired) electrons. The van der Waals surface area contributed by atoms with E-state index in [2.05, 4.69) is 194 Å². The molecule has 2 aliphatic rings. The van der Waals surface area contributed by atoms with Crippen LogP contribution < -0.4 is 10.7 Å². The molecule has 0 fully saturated rings. The fourth-order valence-electron chi connectivity index (χ4n) is 9.22. The number of nitrogens with zero attached hydrogens (tertiary/aromatic N) is 2. The summed E-state index contributed by atoms with van der Waals surface area (Å²) in [5, 5.41) is 6.88. The van der Waals surface area contributed by atoms with Gasteiger partial charge in [-0.25, -0.2) is 9.98 Å². The van der Waals surface area contributed by atoms with Gasteiger partial charge in [-0.05, 0) is 86.5 Å². The van der Waals surface area contributed by atoms with Crippen LogP contribution in [0, 0.1) is 10.4 Å². The number of rotatable bonds is 5. The van der Waals surface area contributed by atoms with Crippen LogP contribution >= 0.6 is 11.3 Å². The third kappa shape index (κ3) is 4.89. The first-order valence-corrected chi connectivity index (χ1v) is 20.2. The number of fused-ring (bicyclic) bond motifs is 9. The first-order valence-electron chi connectivity index (χ1n) is 19.4. The Labute approximate surface area is 333 Å². The van der Waals surface area contributed by atoms with Gasteiger partial charge < -0.3 is 0 Å². The van der Waals surface area contributed by atoms with Gasteiger partial charge in [-0.3, -0.25) is 0 Å². The van der Waals surface area contributed by atoms with Crippen LogP contribution in [-0.2, 0) is 0 Å². The summed E-state index contributed by atoms with van der Waals surface area (Å²) in [4.78, 5) is 10.7. The topological polar surface area (TPSA) is 24.7 Å². The monoisotopic (exact) mass is 740 g/mol. The van der Waals surface area contributed by atoms with Crippen molar-refractivity contribution in [2.75, 3.05) is 0 Å². The maximum absolute atomic E-state index is 5.34. The lowest BCUT2D eigenvalue weighted by molar-refractivity contribution is 1.36. The summed E-state index contributed by atoms with van der Waals surface area (Å²) in [5.41, 5.74) is 16.1. The predicted octanol–water partition coefficient (Wildman–Crippen LogP) is 13.9. The summed E-state index contributed by atoms with van der Waals surface area (Å²) in [5.74, 6) is 0. The number of hydrogen-bond donors (Lipinski definition) is 0. The number of benzene rings is 9. The zero-order chi connectivity index (χ0) is 37.5. The zero-order valence-electron chi connectivity index (χ0n) is 30.8. The van der Waals surface area contributed by atoms with E-state index in [-0.39, 0.29) is 0 Å². The zero-order valence-corrected chi connectivity index (χ0v) is 31.6. The van der Waals surface area contributed by atoms with E-state index in [1.165, 1.54) is 75.5 Å². The molecular weight excluding hydrogens is 709 g/mol. The lowest BCUT2D eigenvalue weighted by Gasteiger charge is -2.22. The minimum absolute atomic E-state index is 0.963. The Hall–Kier alpha value is -7.20. The van der Waals surface area contributed by atoms with E-state index >= 15 is 0 Å². The van der Waals surface area contributed by atoms with E-state index in [1.807, 2.05) is 11.3 Å². The molecule has 2 nitrogen and oxygen atoms in total. The van der Waals surface area contributed by atoms with Gasteiger partial charge in [-0.15, -0.1) is 11.3 Å². The summed E-state index contributed by atoms with van der Waals surface area (Å²) in [6.07, 6.45) is 0. The standard InChI is InChI=1S/C54H32N2S/c1-2-15-33(16-3-1)34-17-4-5-18-35(34)36-19-6-7-20-37(36)42-29-31-46-52(53-47(55-46)32-30-43-39-22-10-12-26-45(39)56-54(43)53)51(42)41-23-9-8-21-38(41)40-25-14-28-49-50(40)44-24-11-13-27-48(44)57-49/h1-32H. The van der Waals surface area contributed by atoms with Gasteiger partial charge in [0.05, 0.1) is 22.1 Å². The Morgan fingerprint density at radius 3 is 1.75 bits per heavy atom. The lowest BCUT2D eigenvalue weighted by atomic mass is 9.81. The van der Waals surface area contributed by atoms with Crippen molar-refractivity contribution in [2.24, 2.45) is 9.98 Å². The highest BCUT2D eigenvalue weighted by atomic mass is 32.1. The molecular formula is C54H32N2S. The van der Waals surface area contributed by atoms with Crippen LogP contribution in [-0.4, -0.2) is 0 Å². The fraction of sp³-hybridized carbons (Fsp3) is 0. The van der Waals surface area contributed by atoms with Crippen LogP contribution in [0.5, 0.6) is 0 Å². The second-order valence-electron chi connectivity index (χ2n) is 14.8. The smallest absolute Gasteiger partial charge is 0.0817 e. The highest BCUT2D eigenvalue weighted by Gasteiger charge is 2.29. The quantitative estimate of drug-likeness (QED) is 0.168. The molecule has 0 N–H and O–H groups in total. The molecule has 0 saturated heterocycles. The van der Waals surface area contributed by atoms with Crippen molar-refractivity contribution in [3.8, 4) is 66.8 Å². The van der Waals surface area contributed by atoms with Crippen LogP contribution in [0.1, 0.15) is 0 Å². The molecule has 10 aromatic rings. The molecule has 2 aliphatic heterocycles. The molecule has 12 rings (SSSR count). The van der Waals surface area contributed by atoms with Crippen LogP contribution in [0.4, 0.5) is 11.4 Å². The van der Waals surface area contributed by atoms with Crippen molar-refractivity contribution in [2.45, 2.75) is 0 Å². The SMILES string of the molecule is c1ccc(-c2ccccc2-c2ccccc2-c2ccc3c(c2-c2ccccc2-c2cccc4sc5ccccc5c24)-c2c4c(ccc2=N3)=c2ccccc2=N4)cc1. The Kier molecular flexibility index (Phi) is 7.13. The highest BCUT2D eigenvalue weighted by molar-refractivity contribution is 7.25. The average Bonchev–Trinajstić information content (AvgIpc) is 3.98. The normalized spacial score (nSPS) is 12.1. The largest absolute Gasteiger partial charge is 0.248 e. The van der Waals surface area contributed by atoms with Gasteiger partial charge in [0.25, 0.3) is 0 Å². The van der Waals surface area contributed by atoms with Gasteiger partial charge in [-0.1, -0.05) is 158 Å². The molecule has 3 heterocycles. The Morgan fingerprint density at radius 1 is 0.316 bits per heavy atom. The van der Waals surface area contributed by atoms with Gasteiger partial charge in [-0.2, -0.15) is 0 Å². The third-order valence-corrected chi connectivity index (χ3v) is 12.8. The fourth-order valence-corrected chi connectivity index (χ4v) is 10.4. The van der Waals surface area contributed by atoms with Crippen LogP contribution in [0.3, 0.4) is 0 Å². The van der Waals surface area contributed by atoms with E-state index in [0.29, 0.717) is 0 Å². The molecule has 9 aromatic carbocycles. The number of thiophene rings is 1. The number of para-hydroxylation sites is 1. The van der Waals surface area contributed by atoms with Gasteiger partial charge >= 0.3 is 0 Å². The average molecular weight is 741 g/mol. The third-order valence-electron chi connectivity index (χ3n) is 11.7. The van der Waals surface area contributed by atoms with Gasteiger partial charge in [0.1, 0.15) is 0 Å². The Bertz CT molecular complexity index is 3530. The minimum Gasteiger partial charge on any atom is -0.248 e. The maximum Gasteiger partial charge on any atom is 0.0817 e. The van der Waals surface area contributed by atoms with E-state index in [4.69, 9.17) is 9.98 Å². The molecule has 0 spiro atoms. The summed E-state index contributed by atoms with van der Waals surface area (Å²) in [7, 11) is 0. The van der Waals surface area contributed by atoms with Gasteiger partial charge in [0.2, 0.25) is 0 Å². The molecule has 1 aromatic heterocycles. The molecule has 0 bridgehead atoms. The molecule has 3 heteroatoms. The summed E-state index contributed by atoms with van der Waals surface area (Å²) in [6, 6.07) is 70.4. The van der Waals surface area contributed by atoms with Crippen molar-refractivity contribution in [3.63, 3.8) is 0 Å². The Morgan fingerprint density at radius 2 is 0.930 bits per heavy atom. The number of hydrogen-bond acceptors (Lipinski definition) is 3. The summed E-state index contributed by atoms with van der Waals surface area (Å²) in [6.45, 7) is 0. The molecule has 0 unspecified atom stereocenters. The van der Waals surface area contributed by atoms with E-state index in [9.17, 15) is 0 Å². The molecule has 0 amide bonds. The van der Waals surface area contributed by atoms with E-state index in [0.717, 1.165) is 44.0 Å². The van der Waals surface area contributed by atoms with Crippen molar-refractivity contribution < 1.29 is 0 Å². The molecule has 0 aliphatic carbocycles. The second kappa shape index (κ2) is 12.7. The Balaban J connectivity index is 1.20. The van der Waals surface area contributed by atoms with Crippen LogP contribution in [0.25, 0.3) is 86.9 Å². The van der Waals surface area contributed by atoms with Crippen LogP contribution in [0.2, 0.25) is 0 Å². The van der Waals surface area contributed by atoms with Crippen molar-refractivity contribution >= 4 is 42.9 Å². The minimum atomic E-state index is 0.963.